The monoisotopic (exact) mass is 224 g/mol. The normalized spacial score (nSPS) is 13.4. The molecular weight excluding hydrogens is 192 g/mol. The summed E-state index contributed by atoms with van der Waals surface area (Å²) in [4.78, 5) is 0. The van der Waals surface area contributed by atoms with Crippen LogP contribution in [0.25, 0.3) is 0 Å². The van der Waals surface area contributed by atoms with Crippen molar-refractivity contribution < 1.29 is 0 Å². The van der Waals surface area contributed by atoms with Crippen LogP contribution in [0, 0.1) is 5.92 Å². The molecule has 0 aliphatic rings. The maximum atomic E-state index is 2.43. The standard InChI is InChI=1S/C16H32/c1-4-7-9-10-12-15-16(13-6-3)14-11-8-5-2/h6,13,16H,4-5,7-12,14-15H2,1-3H3. The summed E-state index contributed by atoms with van der Waals surface area (Å²) < 4.78 is 0. The van der Waals surface area contributed by atoms with E-state index in [2.05, 4.69) is 32.9 Å². The summed E-state index contributed by atoms with van der Waals surface area (Å²) in [5, 5.41) is 0. The van der Waals surface area contributed by atoms with Crippen molar-refractivity contribution in [3.8, 4) is 0 Å². The fraction of sp³-hybridized carbons (Fsp3) is 0.875. The van der Waals surface area contributed by atoms with Gasteiger partial charge in [0.2, 0.25) is 0 Å². The Morgan fingerprint density at radius 1 is 0.750 bits per heavy atom. The lowest BCUT2D eigenvalue weighted by Crippen LogP contribution is -1.97. The molecule has 0 heteroatoms. The van der Waals surface area contributed by atoms with Crippen LogP contribution < -0.4 is 0 Å². The largest absolute Gasteiger partial charge is 0.0914 e. The average molecular weight is 224 g/mol. The Balaban J connectivity index is 3.51. The van der Waals surface area contributed by atoms with Crippen LogP contribution in [0.4, 0.5) is 0 Å². The molecule has 1 atom stereocenters. The Kier molecular flexibility index (Phi) is 12.6. The fourth-order valence-corrected chi connectivity index (χ4v) is 2.28. The molecule has 0 aliphatic carbocycles. The van der Waals surface area contributed by atoms with Gasteiger partial charge in [0.15, 0.2) is 0 Å². The summed E-state index contributed by atoms with van der Waals surface area (Å²) in [7, 11) is 0. The van der Waals surface area contributed by atoms with Gasteiger partial charge in [0.05, 0.1) is 0 Å². The Morgan fingerprint density at radius 3 is 1.81 bits per heavy atom. The Bertz CT molecular complexity index is 146. The van der Waals surface area contributed by atoms with Gasteiger partial charge in [-0.3, -0.25) is 0 Å². The molecule has 16 heavy (non-hydrogen) atoms. The van der Waals surface area contributed by atoms with Crippen molar-refractivity contribution in [3.05, 3.63) is 12.2 Å². The SMILES string of the molecule is CC=CC(CCCCC)CCCCCCC. The molecule has 0 N–H and O–H groups in total. The van der Waals surface area contributed by atoms with Crippen LogP contribution in [0.15, 0.2) is 12.2 Å². The summed E-state index contributed by atoms with van der Waals surface area (Å²) in [6, 6.07) is 0. The highest BCUT2D eigenvalue weighted by molar-refractivity contribution is 4.85. The second-order valence-corrected chi connectivity index (χ2v) is 4.98. The van der Waals surface area contributed by atoms with E-state index in [-0.39, 0.29) is 0 Å². The van der Waals surface area contributed by atoms with Crippen LogP contribution in [-0.4, -0.2) is 0 Å². The van der Waals surface area contributed by atoms with Crippen LogP contribution in [-0.2, 0) is 0 Å². The maximum Gasteiger partial charge on any atom is -0.0234 e. The van der Waals surface area contributed by atoms with E-state index in [1.165, 1.54) is 64.2 Å². The van der Waals surface area contributed by atoms with Gasteiger partial charge in [-0.15, -0.1) is 0 Å². The lowest BCUT2D eigenvalue weighted by molar-refractivity contribution is 0.474. The molecule has 0 saturated heterocycles. The summed E-state index contributed by atoms with van der Waals surface area (Å²) in [6.45, 7) is 6.73. The summed E-state index contributed by atoms with van der Waals surface area (Å²) >= 11 is 0. The van der Waals surface area contributed by atoms with Crippen LogP contribution >= 0.6 is 0 Å². The van der Waals surface area contributed by atoms with Crippen molar-refractivity contribution in [2.45, 2.75) is 85.0 Å². The van der Waals surface area contributed by atoms with Crippen LogP contribution in [0.5, 0.6) is 0 Å². The molecule has 0 amide bonds. The first kappa shape index (κ1) is 15.7. The van der Waals surface area contributed by atoms with Crippen molar-refractivity contribution in [2.75, 3.05) is 0 Å². The van der Waals surface area contributed by atoms with Gasteiger partial charge < -0.3 is 0 Å². The minimum atomic E-state index is 0.859. The molecule has 0 nitrogen and oxygen atoms in total. The van der Waals surface area contributed by atoms with Gasteiger partial charge in [-0.25, -0.2) is 0 Å². The minimum Gasteiger partial charge on any atom is -0.0914 e. The number of rotatable bonds is 11. The van der Waals surface area contributed by atoms with E-state index >= 15 is 0 Å². The molecule has 0 aromatic carbocycles. The van der Waals surface area contributed by atoms with Crippen molar-refractivity contribution >= 4 is 0 Å². The summed E-state index contributed by atoms with van der Waals surface area (Å²) in [6.07, 6.45) is 18.7. The zero-order valence-corrected chi connectivity index (χ0v) is 11.8. The quantitative estimate of drug-likeness (QED) is 0.293. The van der Waals surface area contributed by atoms with E-state index in [0.29, 0.717) is 0 Å². The molecule has 1 unspecified atom stereocenters. The smallest absolute Gasteiger partial charge is 0.0234 e. The average Bonchev–Trinajstić information content (AvgIpc) is 2.29. The zero-order valence-electron chi connectivity index (χ0n) is 11.8. The van der Waals surface area contributed by atoms with Crippen LogP contribution in [0.3, 0.4) is 0 Å². The molecule has 0 spiro atoms. The number of allylic oxidation sites excluding steroid dienone is 2. The third-order valence-electron chi connectivity index (χ3n) is 3.32. The van der Waals surface area contributed by atoms with E-state index in [1.807, 2.05) is 0 Å². The summed E-state index contributed by atoms with van der Waals surface area (Å²) in [5.41, 5.74) is 0. The molecule has 0 aliphatic heterocycles. The maximum absolute atomic E-state index is 2.43. The second-order valence-electron chi connectivity index (χ2n) is 4.98. The van der Waals surface area contributed by atoms with Gasteiger partial charge in [0.25, 0.3) is 0 Å². The van der Waals surface area contributed by atoms with E-state index in [4.69, 9.17) is 0 Å². The molecule has 0 heterocycles. The lowest BCUT2D eigenvalue weighted by Gasteiger charge is -2.12. The van der Waals surface area contributed by atoms with Crippen molar-refractivity contribution in [1.82, 2.24) is 0 Å². The van der Waals surface area contributed by atoms with E-state index < -0.39 is 0 Å². The topological polar surface area (TPSA) is 0 Å². The van der Waals surface area contributed by atoms with Crippen LogP contribution in [0.1, 0.15) is 85.0 Å². The van der Waals surface area contributed by atoms with Gasteiger partial charge in [-0.1, -0.05) is 77.4 Å². The van der Waals surface area contributed by atoms with Crippen molar-refractivity contribution in [2.24, 2.45) is 5.92 Å². The van der Waals surface area contributed by atoms with Gasteiger partial charge in [-0.2, -0.15) is 0 Å². The van der Waals surface area contributed by atoms with Gasteiger partial charge >= 0.3 is 0 Å². The highest BCUT2D eigenvalue weighted by atomic mass is 14.1. The molecule has 0 fully saturated rings. The molecule has 0 radical (unpaired) electrons. The Hall–Kier alpha value is -0.260. The minimum absolute atomic E-state index is 0.859. The number of unbranched alkanes of at least 4 members (excludes halogenated alkanes) is 6. The number of hydrogen-bond donors (Lipinski definition) is 0. The lowest BCUT2D eigenvalue weighted by atomic mass is 9.94. The predicted octanol–water partition coefficient (Wildman–Crippen LogP) is 6.12. The number of hydrogen-bond acceptors (Lipinski definition) is 0. The van der Waals surface area contributed by atoms with E-state index in [1.54, 1.807) is 0 Å². The predicted molar refractivity (Wildman–Crippen MR) is 75.8 cm³/mol. The first-order valence-electron chi connectivity index (χ1n) is 7.47. The third-order valence-corrected chi connectivity index (χ3v) is 3.32. The Morgan fingerprint density at radius 2 is 1.25 bits per heavy atom. The molecule has 0 aromatic heterocycles. The zero-order chi connectivity index (χ0) is 12.1. The molecule has 0 saturated carbocycles. The molecular formula is C16H32. The first-order valence-corrected chi connectivity index (χ1v) is 7.47. The van der Waals surface area contributed by atoms with Gasteiger partial charge in [0, 0.05) is 0 Å². The third kappa shape index (κ3) is 10.3. The fourth-order valence-electron chi connectivity index (χ4n) is 2.28. The second kappa shape index (κ2) is 12.8. The highest BCUT2D eigenvalue weighted by Gasteiger charge is 2.03. The molecule has 0 rings (SSSR count). The van der Waals surface area contributed by atoms with Crippen molar-refractivity contribution in [1.29, 1.82) is 0 Å². The molecule has 0 aromatic rings. The Labute approximate surface area is 104 Å². The molecule has 96 valence electrons. The van der Waals surface area contributed by atoms with Gasteiger partial charge in [0.1, 0.15) is 0 Å². The van der Waals surface area contributed by atoms with E-state index in [0.717, 1.165) is 5.92 Å². The van der Waals surface area contributed by atoms with Crippen molar-refractivity contribution in [3.63, 3.8) is 0 Å². The summed E-state index contributed by atoms with van der Waals surface area (Å²) in [5.74, 6) is 0.859. The molecule has 0 bridgehead atoms. The van der Waals surface area contributed by atoms with E-state index in [9.17, 15) is 0 Å². The first-order chi connectivity index (χ1) is 7.85. The highest BCUT2D eigenvalue weighted by Crippen LogP contribution is 2.19. The van der Waals surface area contributed by atoms with Gasteiger partial charge in [-0.05, 0) is 25.7 Å². The van der Waals surface area contributed by atoms with Crippen LogP contribution in [0.2, 0.25) is 0 Å².